The molecule has 0 amide bonds. The van der Waals surface area contributed by atoms with Crippen molar-refractivity contribution in [3.05, 3.63) is 0 Å². The van der Waals surface area contributed by atoms with E-state index >= 15 is 0 Å². The maximum Gasteiger partial charge on any atom is 0.310 e. The zero-order chi connectivity index (χ0) is 12.2. The molecule has 4 nitrogen and oxygen atoms in total. The lowest BCUT2D eigenvalue weighted by atomic mass is 9.84. The molecule has 94 valence electrons. The lowest BCUT2D eigenvalue weighted by Crippen LogP contribution is -2.35. The van der Waals surface area contributed by atoms with Crippen LogP contribution in [0, 0.1) is 5.41 Å². The third-order valence-corrected chi connectivity index (χ3v) is 3.42. The van der Waals surface area contributed by atoms with Gasteiger partial charge in [-0.15, -0.1) is 0 Å². The van der Waals surface area contributed by atoms with E-state index < -0.39 is 11.4 Å². The molecule has 1 atom stereocenters. The molecule has 4 heteroatoms. The van der Waals surface area contributed by atoms with Crippen molar-refractivity contribution in [3.63, 3.8) is 0 Å². The number of carbonyl (C=O) groups is 1. The van der Waals surface area contributed by atoms with Crippen molar-refractivity contribution in [2.24, 2.45) is 5.41 Å². The van der Waals surface area contributed by atoms with Crippen LogP contribution in [0.3, 0.4) is 0 Å². The van der Waals surface area contributed by atoms with Gasteiger partial charge in [-0.1, -0.05) is 6.92 Å². The zero-order valence-corrected chi connectivity index (χ0v) is 10.5. The van der Waals surface area contributed by atoms with E-state index in [1.807, 2.05) is 20.8 Å². The Bertz CT molecular complexity index is 242. The summed E-state index contributed by atoms with van der Waals surface area (Å²) in [7, 11) is 0. The number of aliphatic carboxylic acids is 1. The van der Waals surface area contributed by atoms with Crippen LogP contribution in [0.25, 0.3) is 0 Å². The van der Waals surface area contributed by atoms with Crippen LogP contribution in [-0.2, 0) is 9.53 Å². The largest absolute Gasteiger partial charge is 0.481 e. The fourth-order valence-electron chi connectivity index (χ4n) is 2.18. The molecule has 1 aliphatic heterocycles. The molecule has 0 aliphatic carbocycles. The minimum atomic E-state index is -0.651. The highest BCUT2D eigenvalue weighted by Crippen LogP contribution is 2.33. The van der Waals surface area contributed by atoms with E-state index in [0.29, 0.717) is 19.6 Å². The molecule has 0 aromatic heterocycles. The van der Waals surface area contributed by atoms with Crippen molar-refractivity contribution >= 4 is 5.97 Å². The fourth-order valence-corrected chi connectivity index (χ4v) is 2.18. The van der Waals surface area contributed by atoms with Gasteiger partial charge >= 0.3 is 5.97 Å². The second-order valence-corrected chi connectivity index (χ2v) is 4.88. The maximum absolute atomic E-state index is 11.2. The van der Waals surface area contributed by atoms with Gasteiger partial charge in [0.1, 0.15) is 0 Å². The Balaban J connectivity index is 2.36. The third-order valence-electron chi connectivity index (χ3n) is 3.42. The van der Waals surface area contributed by atoms with Crippen molar-refractivity contribution < 1.29 is 14.6 Å². The van der Waals surface area contributed by atoms with Gasteiger partial charge in [0.25, 0.3) is 0 Å². The second kappa shape index (κ2) is 5.64. The number of hydrogen-bond donors (Lipinski definition) is 1. The minimum absolute atomic E-state index is 0.248. The highest BCUT2D eigenvalue weighted by molar-refractivity contribution is 5.75. The van der Waals surface area contributed by atoms with Gasteiger partial charge in [-0.2, -0.15) is 0 Å². The molecule has 1 N–H and O–H groups in total. The van der Waals surface area contributed by atoms with Gasteiger partial charge < -0.3 is 9.84 Å². The van der Waals surface area contributed by atoms with Crippen LogP contribution >= 0.6 is 0 Å². The molecular formula is C12H23NO3. The summed E-state index contributed by atoms with van der Waals surface area (Å²) < 4.78 is 5.48. The van der Waals surface area contributed by atoms with Crippen LogP contribution in [0.1, 0.15) is 33.6 Å². The van der Waals surface area contributed by atoms with Crippen LogP contribution in [0.5, 0.6) is 0 Å². The van der Waals surface area contributed by atoms with E-state index in [0.717, 1.165) is 19.5 Å². The number of nitrogens with zero attached hydrogens (tertiary/aromatic N) is 1. The van der Waals surface area contributed by atoms with Crippen molar-refractivity contribution in [1.82, 2.24) is 4.90 Å². The number of likely N-dealkylation sites (tertiary alicyclic amines) is 1. The van der Waals surface area contributed by atoms with Gasteiger partial charge in [0.2, 0.25) is 0 Å². The van der Waals surface area contributed by atoms with Crippen molar-refractivity contribution in [1.29, 1.82) is 0 Å². The van der Waals surface area contributed by atoms with Gasteiger partial charge in [-0.3, -0.25) is 9.69 Å². The SMILES string of the molecule is CCC1(C(=O)O)CCN(CCOC(C)C)C1. The first kappa shape index (κ1) is 13.5. The van der Waals surface area contributed by atoms with Gasteiger partial charge in [0, 0.05) is 13.1 Å². The van der Waals surface area contributed by atoms with Gasteiger partial charge in [-0.05, 0) is 33.2 Å². The first-order chi connectivity index (χ1) is 7.50. The Morgan fingerprint density at radius 2 is 2.25 bits per heavy atom. The van der Waals surface area contributed by atoms with Gasteiger partial charge in [0.05, 0.1) is 18.1 Å². The molecule has 16 heavy (non-hydrogen) atoms. The molecule has 0 spiro atoms. The standard InChI is InChI=1S/C12H23NO3/c1-4-12(11(14)15)5-6-13(9-12)7-8-16-10(2)3/h10H,4-9H2,1-3H3,(H,14,15). The van der Waals surface area contributed by atoms with E-state index in [-0.39, 0.29) is 6.10 Å². The molecule has 1 fully saturated rings. The summed E-state index contributed by atoms with van der Waals surface area (Å²) in [6.45, 7) is 9.06. The van der Waals surface area contributed by atoms with E-state index in [2.05, 4.69) is 4.90 Å². The predicted molar refractivity (Wildman–Crippen MR) is 62.5 cm³/mol. The molecule has 1 heterocycles. The van der Waals surface area contributed by atoms with Gasteiger partial charge in [0.15, 0.2) is 0 Å². The molecule has 1 rings (SSSR count). The third kappa shape index (κ3) is 3.19. The maximum atomic E-state index is 11.2. The van der Waals surface area contributed by atoms with Crippen LogP contribution in [0.15, 0.2) is 0 Å². The van der Waals surface area contributed by atoms with E-state index in [9.17, 15) is 9.90 Å². The van der Waals surface area contributed by atoms with Crippen molar-refractivity contribution in [3.8, 4) is 0 Å². The molecule has 1 saturated heterocycles. The Morgan fingerprint density at radius 3 is 2.69 bits per heavy atom. The first-order valence-electron chi connectivity index (χ1n) is 6.07. The topological polar surface area (TPSA) is 49.8 Å². The van der Waals surface area contributed by atoms with Gasteiger partial charge in [-0.25, -0.2) is 0 Å². The lowest BCUT2D eigenvalue weighted by molar-refractivity contribution is -0.148. The van der Waals surface area contributed by atoms with Crippen molar-refractivity contribution in [2.75, 3.05) is 26.2 Å². The van der Waals surface area contributed by atoms with Crippen LogP contribution in [-0.4, -0.2) is 48.3 Å². The number of rotatable bonds is 6. The second-order valence-electron chi connectivity index (χ2n) is 4.88. The Kier molecular flexibility index (Phi) is 4.74. The Labute approximate surface area is 97.6 Å². The average molecular weight is 229 g/mol. The number of ether oxygens (including phenoxy) is 1. The van der Waals surface area contributed by atoms with Crippen LogP contribution < -0.4 is 0 Å². The Hall–Kier alpha value is -0.610. The number of hydrogen-bond acceptors (Lipinski definition) is 3. The van der Waals surface area contributed by atoms with Crippen LogP contribution in [0.4, 0.5) is 0 Å². The molecular weight excluding hydrogens is 206 g/mol. The van der Waals surface area contributed by atoms with Crippen molar-refractivity contribution in [2.45, 2.75) is 39.7 Å². The molecule has 0 aromatic carbocycles. The van der Waals surface area contributed by atoms with E-state index in [1.54, 1.807) is 0 Å². The highest BCUT2D eigenvalue weighted by atomic mass is 16.5. The molecule has 1 aliphatic rings. The summed E-state index contributed by atoms with van der Waals surface area (Å²) in [6.07, 6.45) is 1.72. The predicted octanol–water partition coefficient (Wildman–Crippen LogP) is 1.60. The summed E-state index contributed by atoms with van der Waals surface area (Å²) in [5, 5.41) is 9.24. The average Bonchev–Trinajstić information content (AvgIpc) is 2.62. The summed E-state index contributed by atoms with van der Waals surface area (Å²) >= 11 is 0. The fraction of sp³-hybridized carbons (Fsp3) is 0.917. The molecule has 0 aromatic rings. The monoisotopic (exact) mass is 229 g/mol. The smallest absolute Gasteiger partial charge is 0.310 e. The lowest BCUT2D eigenvalue weighted by Gasteiger charge is -2.23. The molecule has 1 unspecified atom stereocenters. The first-order valence-corrected chi connectivity index (χ1v) is 6.07. The summed E-state index contributed by atoms with van der Waals surface area (Å²) in [5.74, 6) is -0.651. The van der Waals surface area contributed by atoms with E-state index in [4.69, 9.17) is 4.74 Å². The summed E-state index contributed by atoms with van der Waals surface area (Å²) in [4.78, 5) is 13.4. The van der Waals surface area contributed by atoms with Crippen LogP contribution in [0.2, 0.25) is 0 Å². The quantitative estimate of drug-likeness (QED) is 0.751. The molecule has 0 radical (unpaired) electrons. The summed E-state index contributed by atoms with van der Waals surface area (Å²) in [6, 6.07) is 0. The molecule has 0 bridgehead atoms. The molecule has 0 saturated carbocycles. The zero-order valence-electron chi connectivity index (χ0n) is 10.5. The normalized spacial score (nSPS) is 26.5. The minimum Gasteiger partial charge on any atom is -0.481 e. The van der Waals surface area contributed by atoms with E-state index in [1.165, 1.54) is 0 Å². The summed E-state index contributed by atoms with van der Waals surface area (Å²) in [5.41, 5.74) is -0.516. The highest BCUT2D eigenvalue weighted by Gasteiger charge is 2.42. The number of carboxylic acid groups (broad SMARTS) is 1. The number of carboxylic acids is 1. The Morgan fingerprint density at radius 1 is 1.56 bits per heavy atom.